The van der Waals surface area contributed by atoms with Gasteiger partial charge in [-0.2, -0.15) is 0 Å². The SMILES string of the molecule is CS(=O)(=O)N[C@@H]1CCCN(C(=O)[C@@H]2Cc3ccccc3CN2)C1. The van der Waals surface area contributed by atoms with E-state index in [1.54, 1.807) is 4.90 Å². The molecule has 0 radical (unpaired) electrons. The maximum atomic E-state index is 12.8. The summed E-state index contributed by atoms with van der Waals surface area (Å²) in [4.78, 5) is 14.5. The van der Waals surface area contributed by atoms with E-state index in [0.717, 1.165) is 19.1 Å². The number of hydrogen-bond donors (Lipinski definition) is 2. The maximum absolute atomic E-state index is 12.8. The van der Waals surface area contributed by atoms with Crippen molar-refractivity contribution in [2.45, 2.75) is 37.9 Å². The fourth-order valence-corrected chi connectivity index (χ4v) is 4.22. The van der Waals surface area contributed by atoms with Crippen LogP contribution in [0.4, 0.5) is 0 Å². The fraction of sp³-hybridized carbons (Fsp3) is 0.562. The summed E-state index contributed by atoms with van der Waals surface area (Å²) in [5.41, 5.74) is 2.46. The molecule has 2 heterocycles. The Morgan fingerprint density at radius 2 is 2.04 bits per heavy atom. The number of nitrogens with one attached hydrogen (secondary N) is 2. The first-order chi connectivity index (χ1) is 10.9. The quantitative estimate of drug-likeness (QED) is 0.828. The number of carbonyl (C=O) groups excluding carboxylic acids is 1. The number of sulfonamides is 1. The van der Waals surface area contributed by atoms with Gasteiger partial charge in [0.1, 0.15) is 0 Å². The van der Waals surface area contributed by atoms with Gasteiger partial charge in [-0.3, -0.25) is 4.79 Å². The lowest BCUT2D eigenvalue weighted by Crippen LogP contribution is -2.55. The highest BCUT2D eigenvalue weighted by atomic mass is 32.2. The number of benzene rings is 1. The number of carbonyl (C=O) groups is 1. The predicted octanol–water partition coefficient (Wildman–Crippen LogP) is 0.241. The Labute approximate surface area is 137 Å². The van der Waals surface area contributed by atoms with Crippen LogP contribution in [0.15, 0.2) is 24.3 Å². The summed E-state index contributed by atoms with van der Waals surface area (Å²) in [6, 6.07) is 7.75. The van der Waals surface area contributed by atoms with Crippen molar-refractivity contribution < 1.29 is 13.2 Å². The maximum Gasteiger partial charge on any atom is 0.240 e. The van der Waals surface area contributed by atoms with E-state index in [9.17, 15) is 13.2 Å². The van der Waals surface area contributed by atoms with Gasteiger partial charge in [-0.15, -0.1) is 0 Å². The highest BCUT2D eigenvalue weighted by molar-refractivity contribution is 7.88. The molecule has 6 nitrogen and oxygen atoms in total. The molecule has 1 fully saturated rings. The summed E-state index contributed by atoms with van der Waals surface area (Å²) < 4.78 is 25.4. The van der Waals surface area contributed by atoms with Crippen molar-refractivity contribution in [3.8, 4) is 0 Å². The summed E-state index contributed by atoms with van der Waals surface area (Å²) in [6.45, 7) is 1.85. The van der Waals surface area contributed by atoms with Crippen molar-refractivity contribution in [2.24, 2.45) is 0 Å². The molecule has 0 aliphatic carbocycles. The van der Waals surface area contributed by atoms with Gasteiger partial charge in [0.25, 0.3) is 0 Å². The van der Waals surface area contributed by atoms with Crippen LogP contribution in [0.1, 0.15) is 24.0 Å². The zero-order chi connectivity index (χ0) is 16.4. The molecule has 0 unspecified atom stereocenters. The molecular formula is C16H23N3O3S. The summed E-state index contributed by atoms with van der Waals surface area (Å²) >= 11 is 0. The molecule has 2 aliphatic heterocycles. The lowest BCUT2D eigenvalue weighted by atomic mass is 9.94. The Morgan fingerprint density at radius 1 is 1.30 bits per heavy atom. The topological polar surface area (TPSA) is 78.5 Å². The van der Waals surface area contributed by atoms with Crippen molar-refractivity contribution in [1.82, 2.24) is 14.9 Å². The highest BCUT2D eigenvalue weighted by Gasteiger charge is 2.31. The van der Waals surface area contributed by atoms with Crippen molar-refractivity contribution >= 4 is 15.9 Å². The first kappa shape index (κ1) is 16.4. The molecule has 0 spiro atoms. The van der Waals surface area contributed by atoms with Crippen molar-refractivity contribution in [1.29, 1.82) is 0 Å². The van der Waals surface area contributed by atoms with E-state index in [1.165, 1.54) is 11.1 Å². The molecule has 1 aromatic carbocycles. The van der Waals surface area contributed by atoms with Crippen molar-refractivity contribution in [2.75, 3.05) is 19.3 Å². The summed E-state index contributed by atoms with van der Waals surface area (Å²) in [5.74, 6) is 0.0690. The van der Waals surface area contributed by atoms with Crippen LogP contribution in [-0.2, 0) is 27.8 Å². The van der Waals surface area contributed by atoms with Crippen molar-refractivity contribution in [3.63, 3.8) is 0 Å². The van der Waals surface area contributed by atoms with Crippen LogP contribution in [0.25, 0.3) is 0 Å². The summed E-state index contributed by atoms with van der Waals surface area (Å²) in [6.07, 6.45) is 3.45. The Balaban J connectivity index is 1.64. The van der Waals surface area contributed by atoms with Crippen LogP contribution in [0.5, 0.6) is 0 Å². The molecule has 0 saturated carbocycles. The molecule has 3 rings (SSSR count). The smallest absolute Gasteiger partial charge is 0.240 e. The minimum atomic E-state index is -3.24. The number of rotatable bonds is 3. The monoisotopic (exact) mass is 337 g/mol. The minimum absolute atomic E-state index is 0.0690. The van der Waals surface area contributed by atoms with Gasteiger partial charge in [0.05, 0.1) is 12.3 Å². The average molecular weight is 337 g/mol. The van der Waals surface area contributed by atoms with Gasteiger partial charge in [0.15, 0.2) is 0 Å². The molecular weight excluding hydrogens is 314 g/mol. The Kier molecular flexibility index (Phi) is 4.70. The van der Waals surface area contributed by atoms with Gasteiger partial charge in [0.2, 0.25) is 15.9 Å². The first-order valence-corrected chi connectivity index (χ1v) is 9.88. The van der Waals surface area contributed by atoms with Gasteiger partial charge in [0, 0.05) is 25.7 Å². The minimum Gasteiger partial charge on any atom is -0.340 e. The Morgan fingerprint density at radius 3 is 2.78 bits per heavy atom. The van der Waals surface area contributed by atoms with Crippen LogP contribution >= 0.6 is 0 Å². The second-order valence-corrected chi connectivity index (χ2v) is 8.20. The van der Waals surface area contributed by atoms with Crippen molar-refractivity contribution in [3.05, 3.63) is 35.4 Å². The molecule has 2 atom stereocenters. The van der Waals surface area contributed by atoms with Crippen LogP contribution in [0, 0.1) is 0 Å². The Hall–Kier alpha value is -1.44. The second-order valence-electron chi connectivity index (χ2n) is 6.42. The van der Waals surface area contributed by atoms with Gasteiger partial charge >= 0.3 is 0 Å². The summed E-state index contributed by atoms with van der Waals surface area (Å²) in [5, 5.41) is 3.31. The van der Waals surface area contributed by atoms with Crippen LogP contribution in [0.2, 0.25) is 0 Å². The average Bonchev–Trinajstić information content (AvgIpc) is 2.52. The standard InChI is InChI=1S/C16H23N3O3S/c1-23(21,22)18-14-7-4-8-19(11-14)16(20)15-9-12-5-2-3-6-13(12)10-17-15/h2-3,5-6,14-15,17-18H,4,7-11H2,1H3/t14-,15+/m1/s1. The van der Waals surface area contributed by atoms with Gasteiger partial charge < -0.3 is 10.2 Å². The second kappa shape index (κ2) is 6.59. The molecule has 0 bridgehead atoms. The van der Waals surface area contributed by atoms with E-state index in [-0.39, 0.29) is 18.0 Å². The number of hydrogen-bond acceptors (Lipinski definition) is 4. The molecule has 0 aromatic heterocycles. The van der Waals surface area contributed by atoms with Gasteiger partial charge in [-0.05, 0) is 30.4 Å². The number of piperidine rings is 1. The van der Waals surface area contributed by atoms with E-state index < -0.39 is 10.0 Å². The lowest BCUT2D eigenvalue weighted by Gasteiger charge is -2.36. The zero-order valence-electron chi connectivity index (χ0n) is 13.3. The highest BCUT2D eigenvalue weighted by Crippen LogP contribution is 2.19. The number of amides is 1. The third kappa shape index (κ3) is 4.10. The summed E-state index contributed by atoms with van der Waals surface area (Å²) in [7, 11) is -3.24. The first-order valence-electron chi connectivity index (χ1n) is 7.98. The van der Waals surface area contributed by atoms with E-state index >= 15 is 0 Å². The number of fused-ring (bicyclic) bond motifs is 1. The third-order valence-electron chi connectivity index (χ3n) is 4.49. The molecule has 23 heavy (non-hydrogen) atoms. The largest absolute Gasteiger partial charge is 0.340 e. The molecule has 2 aliphatic rings. The van der Waals surface area contributed by atoms with Gasteiger partial charge in [-0.25, -0.2) is 13.1 Å². The van der Waals surface area contributed by atoms with E-state index in [1.807, 2.05) is 12.1 Å². The number of likely N-dealkylation sites (tertiary alicyclic amines) is 1. The molecule has 1 amide bonds. The fourth-order valence-electron chi connectivity index (χ4n) is 3.43. The Bertz CT molecular complexity index is 690. The van der Waals surface area contributed by atoms with Crippen LogP contribution < -0.4 is 10.0 Å². The van der Waals surface area contributed by atoms with Crippen LogP contribution in [-0.4, -0.2) is 50.7 Å². The van der Waals surface area contributed by atoms with Crippen LogP contribution in [0.3, 0.4) is 0 Å². The third-order valence-corrected chi connectivity index (χ3v) is 5.25. The molecule has 1 aromatic rings. The molecule has 2 N–H and O–H groups in total. The predicted molar refractivity (Wildman–Crippen MR) is 88.4 cm³/mol. The van der Waals surface area contributed by atoms with Gasteiger partial charge in [-0.1, -0.05) is 24.3 Å². The zero-order valence-corrected chi connectivity index (χ0v) is 14.1. The van der Waals surface area contributed by atoms with E-state index in [2.05, 4.69) is 22.2 Å². The lowest BCUT2D eigenvalue weighted by molar-refractivity contribution is -0.134. The molecule has 1 saturated heterocycles. The van der Waals surface area contributed by atoms with E-state index in [0.29, 0.717) is 26.1 Å². The number of nitrogens with zero attached hydrogens (tertiary/aromatic N) is 1. The normalized spacial score (nSPS) is 25.0. The molecule has 126 valence electrons. The van der Waals surface area contributed by atoms with E-state index in [4.69, 9.17) is 0 Å². The molecule has 7 heteroatoms.